The summed E-state index contributed by atoms with van der Waals surface area (Å²) in [5, 5.41) is 0. The predicted octanol–water partition coefficient (Wildman–Crippen LogP) is 3.08. The van der Waals surface area contributed by atoms with Crippen LogP contribution in [0.4, 0.5) is 0 Å². The maximum atomic E-state index is 11.9. The fourth-order valence-electron chi connectivity index (χ4n) is 1.78. The molecule has 0 aliphatic heterocycles. The summed E-state index contributed by atoms with van der Waals surface area (Å²) in [6.07, 6.45) is 5.66. The van der Waals surface area contributed by atoms with Gasteiger partial charge in [-0.25, -0.2) is 4.98 Å². The van der Waals surface area contributed by atoms with Crippen LogP contribution in [0.3, 0.4) is 0 Å². The smallest absolute Gasteiger partial charge is 0.264 e. The lowest BCUT2D eigenvalue weighted by Crippen LogP contribution is -2.16. The first-order valence-corrected chi connectivity index (χ1v) is 7.43. The minimum atomic E-state index is -0.0672. The number of hydrogen-bond donors (Lipinski definition) is 1. The number of hydrogen-bond acceptors (Lipinski definition) is 3. The monoisotopic (exact) mass is 417 g/mol. The molecule has 0 saturated heterocycles. The van der Waals surface area contributed by atoms with Crippen LogP contribution in [0.1, 0.15) is 24.5 Å². The van der Waals surface area contributed by atoms with Gasteiger partial charge in [-0.15, -0.1) is 0 Å². The summed E-state index contributed by atoms with van der Waals surface area (Å²) in [5.74, 6) is 1.05. The van der Waals surface area contributed by atoms with Crippen LogP contribution < -0.4 is 5.56 Å². The molecule has 0 aromatic carbocycles. The molecule has 1 N–H and O–H groups in total. The molecule has 0 unspecified atom stereocenters. The van der Waals surface area contributed by atoms with Gasteiger partial charge in [0.25, 0.3) is 5.56 Å². The van der Waals surface area contributed by atoms with E-state index in [-0.39, 0.29) is 5.56 Å². The Kier molecular flexibility index (Phi) is 3.23. The maximum absolute atomic E-state index is 11.9. The number of halogens is 2. The van der Waals surface area contributed by atoms with Crippen molar-refractivity contribution >= 4 is 38.5 Å². The van der Waals surface area contributed by atoms with Gasteiger partial charge in [-0.1, -0.05) is 0 Å². The van der Waals surface area contributed by atoms with E-state index in [0.29, 0.717) is 15.3 Å². The summed E-state index contributed by atoms with van der Waals surface area (Å²) >= 11 is 5.44. The normalized spacial score (nSPS) is 14.8. The van der Waals surface area contributed by atoms with E-state index in [1.54, 1.807) is 12.4 Å². The molecule has 1 fully saturated rings. The van der Waals surface area contributed by atoms with Gasteiger partial charge in [0, 0.05) is 28.3 Å². The van der Waals surface area contributed by atoms with E-state index in [9.17, 15) is 4.79 Å². The highest BCUT2D eigenvalue weighted by atomic mass is 127. The van der Waals surface area contributed by atoms with Crippen molar-refractivity contribution < 1.29 is 0 Å². The molecule has 0 spiro atoms. The van der Waals surface area contributed by atoms with Crippen LogP contribution in [0.25, 0.3) is 11.4 Å². The standard InChI is InChI=1S/C12H9BrIN3O/c13-8-3-7(4-15-5-8)11-16-10(6-1-2-6)9(14)12(18)17-11/h3-6H,1-2H2,(H,16,17,18). The molecule has 0 amide bonds. The van der Waals surface area contributed by atoms with Crippen molar-refractivity contribution in [2.24, 2.45) is 0 Å². The van der Waals surface area contributed by atoms with Gasteiger partial charge in [-0.05, 0) is 57.4 Å². The Balaban J connectivity index is 2.15. The molecule has 2 aromatic rings. The summed E-state index contributed by atoms with van der Waals surface area (Å²) in [6, 6.07) is 1.90. The first kappa shape index (κ1) is 12.3. The molecule has 4 nitrogen and oxygen atoms in total. The average molecular weight is 418 g/mol. The lowest BCUT2D eigenvalue weighted by Gasteiger charge is -2.05. The van der Waals surface area contributed by atoms with Crippen LogP contribution >= 0.6 is 38.5 Å². The Hall–Kier alpha value is -0.760. The summed E-state index contributed by atoms with van der Waals surface area (Å²) < 4.78 is 1.58. The Labute approximate surface area is 126 Å². The van der Waals surface area contributed by atoms with Crippen molar-refractivity contribution in [3.05, 3.63) is 42.6 Å². The van der Waals surface area contributed by atoms with Gasteiger partial charge in [-0.3, -0.25) is 9.78 Å². The number of H-pyrrole nitrogens is 1. The largest absolute Gasteiger partial charge is 0.306 e. The molecule has 18 heavy (non-hydrogen) atoms. The second-order valence-corrected chi connectivity index (χ2v) is 6.27. The van der Waals surface area contributed by atoms with Crippen LogP contribution in [0, 0.1) is 3.57 Å². The second-order valence-electron chi connectivity index (χ2n) is 4.28. The topological polar surface area (TPSA) is 58.6 Å². The van der Waals surface area contributed by atoms with Gasteiger partial charge in [0.2, 0.25) is 0 Å². The van der Waals surface area contributed by atoms with Gasteiger partial charge in [-0.2, -0.15) is 0 Å². The van der Waals surface area contributed by atoms with Crippen LogP contribution in [0.2, 0.25) is 0 Å². The molecule has 6 heteroatoms. The summed E-state index contributed by atoms with van der Waals surface area (Å²) in [5.41, 5.74) is 1.68. The van der Waals surface area contributed by atoms with Gasteiger partial charge in [0.15, 0.2) is 0 Å². The van der Waals surface area contributed by atoms with Gasteiger partial charge >= 0.3 is 0 Å². The molecule has 1 aliphatic rings. The Morgan fingerprint density at radius 2 is 2.17 bits per heavy atom. The first-order valence-electron chi connectivity index (χ1n) is 5.56. The fourth-order valence-corrected chi connectivity index (χ4v) is 2.84. The molecular weight excluding hydrogens is 409 g/mol. The van der Waals surface area contributed by atoms with E-state index < -0.39 is 0 Å². The first-order chi connectivity index (χ1) is 8.65. The number of pyridine rings is 1. The third kappa shape index (κ3) is 2.35. The number of rotatable bonds is 2. The molecular formula is C12H9BrIN3O. The highest BCUT2D eigenvalue weighted by Gasteiger charge is 2.29. The number of nitrogens with one attached hydrogen (secondary N) is 1. The molecule has 1 aliphatic carbocycles. The molecule has 0 atom stereocenters. The van der Waals surface area contributed by atoms with Crippen LogP contribution in [-0.2, 0) is 0 Å². The van der Waals surface area contributed by atoms with Crippen molar-refractivity contribution in [2.45, 2.75) is 18.8 Å². The highest BCUT2D eigenvalue weighted by Crippen LogP contribution is 2.40. The molecule has 0 radical (unpaired) electrons. The molecule has 92 valence electrons. The Morgan fingerprint density at radius 1 is 1.39 bits per heavy atom. The molecule has 2 aromatic heterocycles. The van der Waals surface area contributed by atoms with E-state index in [1.807, 2.05) is 6.07 Å². The van der Waals surface area contributed by atoms with Crippen molar-refractivity contribution in [1.82, 2.24) is 15.0 Å². The van der Waals surface area contributed by atoms with Gasteiger partial charge in [0.05, 0.1) is 9.26 Å². The van der Waals surface area contributed by atoms with Crippen molar-refractivity contribution in [1.29, 1.82) is 0 Å². The SMILES string of the molecule is O=c1[nH]c(-c2cncc(Br)c2)nc(C2CC2)c1I. The average Bonchev–Trinajstić information content (AvgIpc) is 3.16. The van der Waals surface area contributed by atoms with Crippen LogP contribution in [-0.4, -0.2) is 15.0 Å². The van der Waals surface area contributed by atoms with Crippen molar-refractivity contribution in [3.63, 3.8) is 0 Å². The van der Waals surface area contributed by atoms with E-state index in [0.717, 1.165) is 28.6 Å². The Morgan fingerprint density at radius 3 is 2.83 bits per heavy atom. The summed E-state index contributed by atoms with van der Waals surface area (Å²) in [6.45, 7) is 0. The van der Waals surface area contributed by atoms with Crippen LogP contribution in [0.15, 0.2) is 27.7 Å². The molecule has 0 bridgehead atoms. The third-order valence-electron chi connectivity index (χ3n) is 2.83. The molecule has 3 rings (SSSR count). The predicted molar refractivity (Wildman–Crippen MR) is 80.5 cm³/mol. The Bertz CT molecular complexity index is 667. The number of nitrogens with zero attached hydrogens (tertiary/aromatic N) is 2. The van der Waals surface area contributed by atoms with Crippen molar-refractivity contribution in [2.75, 3.05) is 0 Å². The zero-order valence-corrected chi connectivity index (χ0v) is 13.0. The number of aromatic amines is 1. The molecule has 2 heterocycles. The van der Waals surface area contributed by atoms with Gasteiger partial charge in [0.1, 0.15) is 5.82 Å². The zero-order chi connectivity index (χ0) is 12.7. The lowest BCUT2D eigenvalue weighted by molar-refractivity contribution is 0.957. The van der Waals surface area contributed by atoms with Gasteiger partial charge < -0.3 is 4.98 Å². The lowest BCUT2D eigenvalue weighted by atomic mass is 10.2. The zero-order valence-electron chi connectivity index (χ0n) is 9.28. The minimum Gasteiger partial charge on any atom is -0.306 e. The fraction of sp³-hybridized carbons (Fsp3) is 0.250. The minimum absolute atomic E-state index is 0.0672. The molecule has 1 saturated carbocycles. The van der Waals surface area contributed by atoms with E-state index in [2.05, 4.69) is 53.5 Å². The van der Waals surface area contributed by atoms with Crippen molar-refractivity contribution in [3.8, 4) is 11.4 Å². The summed E-state index contributed by atoms with van der Waals surface area (Å²) in [4.78, 5) is 23.4. The van der Waals surface area contributed by atoms with E-state index in [4.69, 9.17) is 0 Å². The number of aromatic nitrogens is 3. The van der Waals surface area contributed by atoms with E-state index in [1.165, 1.54) is 0 Å². The highest BCUT2D eigenvalue weighted by molar-refractivity contribution is 14.1. The second kappa shape index (κ2) is 4.73. The maximum Gasteiger partial charge on any atom is 0.264 e. The quantitative estimate of drug-likeness (QED) is 0.764. The van der Waals surface area contributed by atoms with E-state index >= 15 is 0 Å². The summed E-state index contributed by atoms with van der Waals surface area (Å²) in [7, 11) is 0. The third-order valence-corrected chi connectivity index (χ3v) is 4.31. The van der Waals surface area contributed by atoms with Crippen LogP contribution in [0.5, 0.6) is 0 Å².